The van der Waals surface area contributed by atoms with Crippen LogP contribution in [0.3, 0.4) is 0 Å². The summed E-state index contributed by atoms with van der Waals surface area (Å²) in [6, 6.07) is 18.7. The van der Waals surface area contributed by atoms with Crippen LogP contribution >= 0.6 is 0 Å². The molecule has 6 heteroatoms. The third-order valence-electron chi connectivity index (χ3n) is 5.13. The first kappa shape index (κ1) is 20.9. The van der Waals surface area contributed by atoms with Crippen molar-refractivity contribution < 1.29 is 9.59 Å². The Morgan fingerprint density at radius 3 is 1.44 bits per heavy atom. The smallest absolute Gasteiger partial charge is 0.257 e. The van der Waals surface area contributed by atoms with Gasteiger partial charge in [0.15, 0.2) is 0 Å². The summed E-state index contributed by atoms with van der Waals surface area (Å²) >= 11 is 0. The molecule has 158 valence electrons. The van der Waals surface area contributed by atoms with Crippen LogP contribution in [0.5, 0.6) is 0 Å². The molecule has 4 aromatic rings. The lowest BCUT2D eigenvalue weighted by Crippen LogP contribution is -2.13. The van der Waals surface area contributed by atoms with Gasteiger partial charge in [-0.3, -0.25) is 19.6 Å². The molecule has 0 bridgehead atoms. The number of benzene rings is 2. The molecule has 0 saturated carbocycles. The first-order chi connectivity index (χ1) is 15.5. The number of nitrogens with one attached hydrogen (secondary N) is 2. The molecular formula is C26H22N4O2. The number of aryl methyl sites for hydroxylation is 2. The van der Waals surface area contributed by atoms with Gasteiger partial charge >= 0.3 is 0 Å². The average Bonchev–Trinajstić information content (AvgIpc) is 2.82. The molecule has 2 amide bonds. The van der Waals surface area contributed by atoms with E-state index in [4.69, 9.17) is 0 Å². The molecule has 0 saturated heterocycles. The average molecular weight is 422 g/mol. The summed E-state index contributed by atoms with van der Waals surface area (Å²) in [6.07, 6.45) is 6.34. The van der Waals surface area contributed by atoms with E-state index in [1.807, 2.05) is 50.2 Å². The largest absolute Gasteiger partial charge is 0.322 e. The fourth-order valence-electron chi connectivity index (χ4n) is 3.35. The van der Waals surface area contributed by atoms with E-state index in [0.29, 0.717) is 11.1 Å². The number of anilines is 2. The van der Waals surface area contributed by atoms with Crippen LogP contribution in [0.15, 0.2) is 85.5 Å². The fraction of sp³-hybridized carbons (Fsp3) is 0.0769. The number of rotatable bonds is 5. The Hall–Kier alpha value is -4.32. The summed E-state index contributed by atoms with van der Waals surface area (Å²) < 4.78 is 0. The lowest BCUT2D eigenvalue weighted by Gasteiger charge is -2.13. The van der Waals surface area contributed by atoms with Crippen molar-refractivity contribution in [1.82, 2.24) is 9.97 Å². The molecule has 0 spiro atoms. The molecule has 2 aromatic heterocycles. The van der Waals surface area contributed by atoms with Crippen LogP contribution in [-0.4, -0.2) is 21.8 Å². The summed E-state index contributed by atoms with van der Waals surface area (Å²) in [5.41, 5.74) is 6.47. The van der Waals surface area contributed by atoms with E-state index in [-0.39, 0.29) is 11.8 Å². The Morgan fingerprint density at radius 1 is 0.656 bits per heavy atom. The van der Waals surface area contributed by atoms with Crippen molar-refractivity contribution in [2.24, 2.45) is 0 Å². The SMILES string of the molecule is Cc1cc(-c2ccc(NC(=O)c3cccnc3)c(C)c2)ccc1NC(=O)c1cccnc1. The van der Waals surface area contributed by atoms with Gasteiger partial charge in [0.05, 0.1) is 11.1 Å². The zero-order valence-electron chi connectivity index (χ0n) is 17.8. The maximum absolute atomic E-state index is 12.4. The molecule has 0 atom stereocenters. The number of carbonyl (C=O) groups is 2. The maximum Gasteiger partial charge on any atom is 0.257 e. The molecule has 0 aliphatic rings. The monoisotopic (exact) mass is 422 g/mol. The minimum absolute atomic E-state index is 0.196. The highest BCUT2D eigenvalue weighted by Crippen LogP contribution is 2.28. The second-order valence-electron chi connectivity index (χ2n) is 7.45. The minimum atomic E-state index is -0.196. The summed E-state index contributed by atoms with van der Waals surface area (Å²) in [6.45, 7) is 3.91. The second kappa shape index (κ2) is 9.22. The predicted molar refractivity (Wildman–Crippen MR) is 126 cm³/mol. The van der Waals surface area contributed by atoms with E-state index >= 15 is 0 Å². The third kappa shape index (κ3) is 4.70. The summed E-state index contributed by atoms with van der Waals surface area (Å²) in [5.74, 6) is -0.392. The van der Waals surface area contributed by atoms with Crippen molar-refractivity contribution in [3.63, 3.8) is 0 Å². The highest BCUT2D eigenvalue weighted by molar-refractivity contribution is 6.05. The minimum Gasteiger partial charge on any atom is -0.322 e. The van der Waals surface area contributed by atoms with E-state index in [0.717, 1.165) is 33.6 Å². The number of hydrogen-bond acceptors (Lipinski definition) is 4. The van der Waals surface area contributed by atoms with E-state index in [2.05, 4.69) is 20.6 Å². The van der Waals surface area contributed by atoms with Gasteiger partial charge in [0.25, 0.3) is 11.8 Å². The van der Waals surface area contributed by atoms with Gasteiger partial charge in [0, 0.05) is 36.2 Å². The Morgan fingerprint density at radius 2 is 1.09 bits per heavy atom. The number of hydrogen-bond donors (Lipinski definition) is 2. The summed E-state index contributed by atoms with van der Waals surface area (Å²) in [5, 5.41) is 5.86. The Labute approximate surface area is 186 Å². The standard InChI is InChI=1S/C26H22N4O2/c1-17-13-19(7-9-23(17)29-25(31)21-5-3-11-27-15-21)20-8-10-24(18(2)14-20)30-26(32)22-6-4-12-28-16-22/h3-16H,1-2H3,(H,29,31)(H,30,32). The third-order valence-corrected chi connectivity index (χ3v) is 5.13. The van der Waals surface area contributed by atoms with Crippen LogP contribution in [0.1, 0.15) is 31.8 Å². The van der Waals surface area contributed by atoms with Crippen LogP contribution < -0.4 is 10.6 Å². The van der Waals surface area contributed by atoms with Gasteiger partial charge in [0.1, 0.15) is 0 Å². The molecule has 2 heterocycles. The van der Waals surface area contributed by atoms with Crippen molar-refractivity contribution in [3.05, 3.63) is 108 Å². The van der Waals surface area contributed by atoms with Crippen molar-refractivity contribution in [3.8, 4) is 11.1 Å². The van der Waals surface area contributed by atoms with Gasteiger partial charge in [-0.2, -0.15) is 0 Å². The van der Waals surface area contributed by atoms with Gasteiger partial charge in [-0.15, -0.1) is 0 Å². The first-order valence-electron chi connectivity index (χ1n) is 10.2. The lowest BCUT2D eigenvalue weighted by molar-refractivity contribution is 0.101. The normalized spacial score (nSPS) is 10.4. The van der Waals surface area contributed by atoms with Gasteiger partial charge in [-0.1, -0.05) is 12.1 Å². The molecular weight excluding hydrogens is 400 g/mol. The second-order valence-corrected chi connectivity index (χ2v) is 7.45. The van der Waals surface area contributed by atoms with Gasteiger partial charge in [-0.25, -0.2) is 0 Å². The molecule has 0 fully saturated rings. The van der Waals surface area contributed by atoms with E-state index < -0.39 is 0 Å². The molecule has 0 aliphatic carbocycles. The topological polar surface area (TPSA) is 84.0 Å². The van der Waals surface area contributed by atoms with E-state index in [9.17, 15) is 9.59 Å². The Balaban J connectivity index is 1.50. The summed E-state index contributed by atoms with van der Waals surface area (Å²) in [7, 11) is 0. The van der Waals surface area contributed by atoms with Crippen molar-refractivity contribution >= 4 is 23.2 Å². The molecule has 2 aromatic carbocycles. The molecule has 0 aliphatic heterocycles. The molecule has 32 heavy (non-hydrogen) atoms. The number of carbonyl (C=O) groups excluding carboxylic acids is 2. The first-order valence-corrected chi connectivity index (χ1v) is 10.2. The number of nitrogens with zero attached hydrogens (tertiary/aromatic N) is 2. The van der Waals surface area contributed by atoms with Crippen LogP contribution in [0, 0.1) is 13.8 Å². The quantitative estimate of drug-likeness (QED) is 0.459. The van der Waals surface area contributed by atoms with Crippen molar-refractivity contribution in [2.45, 2.75) is 13.8 Å². The number of amides is 2. The van der Waals surface area contributed by atoms with Gasteiger partial charge in [0.2, 0.25) is 0 Å². The predicted octanol–water partition coefficient (Wildman–Crippen LogP) is 5.27. The Bertz CT molecular complexity index is 1170. The molecule has 4 rings (SSSR count). The van der Waals surface area contributed by atoms with Gasteiger partial charge < -0.3 is 10.6 Å². The zero-order valence-corrected chi connectivity index (χ0v) is 17.8. The fourth-order valence-corrected chi connectivity index (χ4v) is 3.35. The number of pyridine rings is 2. The highest BCUT2D eigenvalue weighted by Gasteiger charge is 2.11. The van der Waals surface area contributed by atoms with Crippen molar-refractivity contribution in [2.75, 3.05) is 10.6 Å². The van der Waals surface area contributed by atoms with Crippen LogP contribution in [0.4, 0.5) is 11.4 Å². The van der Waals surface area contributed by atoms with Crippen LogP contribution in [0.25, 0.3) is 11.1 Å². The highest BCUT2D eigenvalue weighted by atomic mass is 16.2. The van der Waals surface area contributed by atoms with Gasteiger partial charge in [-0.05, 0) is 84.6 Å². The van der Waals surface area contributed by atoms with E-state index in [1.165, 1.54) is 12.4 Å². The zero-order chi connectivity index (χ0) is 22.5. The lowest BCUT2D eigenvalue weighted by atomic mass is 9.99. The number of aromatic nitrogens is 2. The molecule has 0 radical (unpaired) electrons. The summed E-state index contributed by atoms with van der Waals surface area (Å²) in [4.78, 5) is 32.8. The Kier molecular flexibility index (Phi) is 6.03. The van der Waals surface area contributed by atoms with Crippen LogP contribution in [-0.2, 0) is 0 Å². The molecule has 2 N–H and O–H groups in total. The molecule has 0 unspecified atom stereocenters. The van der Waals surface area contributed by atoms with Crippen LogP contribution in [0.2, 0.25) is 0 Å². The van der Waals surface area contributed by atoms with E-state index in [1.54, 1.807) is 36.7 Å². The van der Waals surface area contributed by atoms with Crippen molar-refractivity contribution in [1.29, 1.82) is 0 Å². The maximum atomic E-state index is 12.4. The molecule has 6 nitrogen and oxygen atoms in total.